The molecule has 3 heterocycles. The summed E-state index contributed by atoms with van der Waals surface area (Å²) in [6.45, 7) is 12.1. The van der Waals surface area contributed by atoms with Crippen LogP contribution in [0.5, 0.6) is 0 Å². The third kappa shape index (κ3) is 12.8. The van der Waals surface area contributed by atoms with Crippen LogP contribution in [-0.4, -0.2) is 53.3 Å². The molecule has 1 atom stereocenters. The number of nitrogens with one attached hydrogen (secondary N) is 1. The van der Waals surface area contributed by atoms with E-state index < -0.39 is 6.67 Å². The number of benzene rings is 3. The van der Waals surface area contributed by atoms with Crippen molar-refractivity contribution in [1.82, 2.24) is 14.9 Å². The van der Waals surface area contributed by atoms with Crippen molar-refractivity contribution in [3.8, 4) is 11.1 Å². The number of aromatic nitrogens is 1. The molecule has 2 aliphatic heterocycles. The van der Waals surface area contributed by atoms with E-state index >= 15 is 0 Å². The number of rotatable bonds is 9. The van der Waals surface area contributed by atoms with Crippen molar-refractivity contribution < 1.29 is 18.3 Å². The third-order valence-corrected chi connectivity index (χ3v) is 8.21. The number of carbonyl (C=O) groups excluding carboxylic acids is 1. The van der Waals surface area contributed by atoms with E-state index in [0.29, 0.717) is 19.1 Å². The van der Waals surface area contributed by atoms with E-state index in [9.17, 15) is 9.18 Å². The van der Waals surface area contributed by atoms with Gasteiger partial charge in [0, 0.05) is 66.5 Å². The van der Waals surface area contributed by atoms with Crippen LogP contribution in [0.1, 0.15) is 86.5 Å². The molecule has 8 heteroatoms. The predicted octanol–water partition coefficient (Wildman–Crippen LogP) is 10.6. The second-order valence-corrected chi connectivity index (χ2v) is 12.5. The Morgan fingerprint density at radius 3 is 2.40 bits per heavy atom. The van der Waals surface area contributed by atoms with E-state index in [2.05, 4.69) is 72.8 Å². The number of H-pyrrole nitrogens is 1. The number of hydrogen-bond donors (Lipinski definition) is 2. The summed E-state index contributed by atoms with van der Waals surface area (Å²) in [4.78, 5) is 27.1. The van der Waals surface area contributed by atoms with Crippen LogP contribution >= 0.6 is 0 Å². The highest BCUT2D eigenvalue weighted by Crippen LogP contribution is 2.29. The lowest BCUT2D eigenvalue weighted by atomic mass is 9.93. The average molecular weight is 718 g/mol. The topological polar surface area (TPSA) is 87.0 Å². The van der Waals surface area contributed by atoms with Gasteiger partial charge in [-0.3, -0.25) is 14.6 Å². The van der Waals surface area contributed by atoms with Gasteiger partial charge in [0.05, 0.1) is 6.61 Å². The van der Waals surface area contributed by atoms with Crippen molar-refractivity contribution in [2.45, 2.75) is 75.7 Å². The molecular formula is C44H68FN5O2. The Labute approximate surface area is 317 Å². The number of hydrogen-bond acceptors (Lipinski definition) is 6. The highest BCUT2D eigenvalue weighted by atomic mass is 19.1. The lowest BCUT2D eigenvalue weighted by Crippen LogP contribution is -2.35. The van der Waals surface area contributed by atoms with Crippen LogP contribution in [0.2, 0.25) is 0 Å². The number of Topliss-reactive ketones (excluding diaryl/α,β-unsaturated/α-hetero) is 1. The number of aromatic amines is 1. The number of carbonyl (C=O) groups is 1. The first kappa shape index (κ1) is 45.2. The van der Waals surface area contributed by atoms with Crippen molar-refractivity contribution in [1.29, 1.82) is 0 Å². The number of aryl methyl sites for hydroxylation is 1. The summed E-state index contributed by atoms with van der Waals surface area (Å²) in [5.74, 6) is 1.17. The van der Waals surface area contributed by atoms with Crippen LogP contribution < -0.4 is 5.73 Å². The zero-order chi connectivity index (χ0) is 35.2. The summed E-state index contributed by atoms with van der Waals surface area (Å²) in [7, 11) is 2.08. The normalized spacial score (nSPS) is 14.3. The van der Waals surface area contributed by atoms with Gasteiger partial charge in [-0.15, -0.1) is 6.58 Å². The summed E-state index contributed by atoms with van der Waals surface area (Å²) in [6, 6.07) is 25.9. The molecule has 6 rings (SSSR count). The molecule has 52 heavy (non-hydrogen) atoms. The minimum atomic E-state index is -0.433. The first-order chi connectivity index (χ1) is 23.8. The molecule has 0 spiro atoms. The Morgan fingerprint density at radius 1 is 1.06 bits per heavy atom. The van der Waals surface area contributed by atoms with Gasteiger partial charge in [-0.2, -0.15) is 0 Å². The van der Waals surface area contributed by atoms with Crippen LogP contribution in [0.25, 0.3) is 17.2 Å². The van der Waals surface area contributed by atoms with Gasteiger partial charge in [0.15, 0.2) is 11.6 Å². The zero-order valence-electron chi connectivity index (χ0n) is 29.3. The Bertz CT molecular complexity index is 1750. The molecule has 3 N–H and O–H groups in total. The monoisotopic (exact) mass is 718 g/mol. The highest BCUT2D eigenvalue weighted by molar-refractivity contribution is 5.99. The molecule has 1 unspecified atom stereocenters. The number of alkyl halides is 1. The Kier molecular flexibility index (Phi) is 19.9. The lowest BCUT2D eigenvalue weighted by Gasteiger charge is -2.22. The number of nitrogens with zero attached hydrogens (tertiary/aromatic N) is 3. The zero-order valence-corrected chi connectivity index (χ0v) is 29.3. The van der Waals surface area contributed by atoms with E-state index in [1.54, 1.807) is 12.0 Å². The number of aliphatic imine (C=N–C) groups is 1. The van der Waals surface area contributed by atoms with Crippen molar-refractivity contribution >= 4 is 17.7 Å². The summed E-state index contributed by atoms with van der Waals surface area (Å²) in [5.41, 5.74) is 15.7. The van der Waals surface area contributed by atoms with Gasteiger partial charge < -0.3 is 15.6 Å². The molecule has 0 amide bonds. The molecular weight excluding hydrogens is 650 g/mol. The maximum Gasteiger partial charge on any atom is 0.155 e. The first-order valence-corrected chi connectivity index (χ1v) is 16.9. The molecule has 0 fully saturated rings. The van der Waals surface area contributed by atoms with Crippen LogP contribution in [0.4, 0.5) is 4.39 Å². The SMILES string of the molecule is C.C.C.C=CCc1cc2c([nH]1)C=CN(C)C2.CC(=O)CN1OCC(C)CN=C1c1ccccc1.CCc1cc(CN)ccc1-c1ccccc1CF.[HH].[HH].[HH]. The quantitative estimate of drug-likeness (QED) is 0.168. The van der Waals surface area contributed by atoms with Gasteiger partial charge in [0.25, 0.3) is 0 Å². The number of halogens is 1. The number of hydroxylamine groups is 2. The maximum absolute atomic E-state index is 13.0. The highest BCUT2D eigenvalue weighted by Gasteiger charge is 2.21. The van der Waals surface area contributed by atoms with Crippen LogP contribution in [0.3, 0.4) is 0 Å². The summed E-state index contributed by atoms with van der Waals surface area (Å²) in [6.07, 6.45) is 7.97. The van der Waals surface area contributed by atoms with Gasteiger partial charge >= 0.3 is 0 Å². The Morgan fingerprint density at radius 2 is 1.75 bits per heavy atom. The summed E-state index contributed by atoms with van der Waals surface area (Å²) < 4.78 is 13.0. The van der Waals surface area contributed by atoms with Gasteiger partial charge in [-0.05, 0) is 58.9 Å². The molecule has 288 valence electrons. The van der Waals surface area contributed by atoms with Crippen molar-refractivity contribution in [3.63, 3.8) is 0 Å². The third-order valence-electron chi connectivity index (χ3n) is 8.21. The fraction of sp³-hybridized carbons (Fsp3) is 0.364. The molecule has 0 bridgehead atoms. The van der Waals surface area contributed by atoms with E-state index in [4.69, 9.17) is 10.6 Å². The predicted molar refractivity (Wildman–Crippen MR) is 226 cm³/mol. The number of ketones is 1. The smallest absolute Gasteiger partial charge is 0.155 e. The molecule has 4 aromatic rings. The van der Waals surface area contributed by atoms with Crippen LogP contribution in [-0.2, 0) is 42.2 Å². The molecule has 0 saturated carbocycles. The fourth-order valence-corrected chi connectivity index (χ4v) is 5.67. The van der Waals surface area contributed by atoms with Gasteiger partial charge in [-0.25, -0.2) is 9.45 Å². The largest absolute Gasteiger partial charge is 0.376 e. The fourth-order valence-electron chi connectivity index (χ4n) is 5.67. The van der Waals surface area contributed by atoms with Crippen molar-refractivity contribution in [3.05, 3.63) is 137 Å². The van der Waals surface area contributed by atoms with Crippen LogP contribution in [0, 0.1) is 5.92 Å². The number of fused-ring (bicyclic) bond motifs is 1. The van der Waals surface area contributed by atoms with E-state index in [-0.39, 0.29) is 38.9 Å². The van der Waals surface area contributed by atoms with Gasteiger partial charge in [0.1, 0.15) is 13.2 Å². The minimum Gasteiger partial charge on any atom is -0.376 e. The molecule has 7 nitrogen and oxygen atoms in total. The van der Waals surface area contributed by atoms with Gasteiger partial charge in [-0.1, -0.05) is 115 Å². The second-order valence-electron chi connectivity index (χ2n) is 12.5. The average Bonchev–Trinajstić information content (AvgIpc) is 3.43. The molecule has 0 saturated heterocycles. The summed E-state index contributed by atoms with van der Waals surface area (Å²) in [5, 5.41) is 1.61. The second kappa shape index (κ2) is 22.9. The number of amidine groups is 1. The molecule has 1 aromatic heterocycles. The minimum absolute atomic E-state index is 0. The molecule has 2 aliphatic rings. The van der Waals surface area contributed by atoms with E-state index in [0.717, 1.165) is 59.6 Å². The van der Waals surface area contributed by atoms with Gasteiger partial charge in [0.2, 0.25) is 0 Å². The molecule has 3 aromatic carbocycles. The Hall–Kier alpha value is -4.79. The summed E-state index contributed by atoms with van der Waals surface area (Å²) >= 11 is 0. The van der Waals surface area contributed by atoms with Crippen molar-refractivity contribution in [2.75, 3.05) is 26.7 Å². The number of allylic oxidation sites excluding steroid dienone is 1. The van der Waals surface area contributed by atoms with Crippen molar-refractivity contribution in [2.24, 2.45) is 16.6 Å². The number of nitrogens with two attached hydrogens (primary N) is 1. The standard InChI is InChI=1S/C16H18FN.C14H18N2O2.C11H14N2.3CH4.3H2/c1-2-13-9-12(11-18)7-8-16(13)15-6-4-3-5-14(15)10-17;1-11-8-15-14(13-6-4-3-5-7-13)16(18-10-11)9-12(2)17;1-3-4-10-7-9-8-13(2)6-5-11(9)12-10;;;;;;/h3-9H,2,10-11,18H2,1H3;3-7,11H,8-10H2,1-2H3;3,5-7,12H,1,4,8H2,2H3;3*1H4;3*1H. The van der Waals surface area contributed by atoms with E-state index in [1.165, 1.54) is 22.5 Å². The Balaban J connectivity index is -0.000000707. The maximum atomic E-state index is 13.0. The van der Waals surface area contributed by atoms with E-state index in [1.807, 2.05) is 66.7 Å². The molecule has 0 aliphatic carbocycles. The first-order valence-electron chi connectivity index (χ1n) is 16.9. The molecule has 0 radical (unpaired) electrons. The van der Waals surface area contributed by atoms with Crippen LogP contribution in [0.15, 0.2) is 103 Å². The lowest BCUT2D eigenvalue weighted by molar-refractivity contribution is -0.135.